The normalized spacial score (nSPS) is 14.9. The zero-order valence-corrected chi connectivity index (χ0v) is 15.5. The number of benzene rings is 3. The molecule has 3 aromatic carbocycles. The summed E-state index contributed by atoms with van der Waals surface area (Å²) in [5.74, 6) is 0.267. The van der Waals surface area contributed by atoms with Gasteiger partial charge in [0.1, 0.15) is 0 Å². The van der Waals surface area contributed by atoms with Gasteiger partial charge in [-0.25, -0.2) is 0 Å². The number of pyridine rings is 1. The molecule has 1 unspecified atom stereocenters. The molecule has 2 heteroatoms. The third-order valence-corrected chi connectivity index (χ3v) is 5.48. The van der Waals surface area contributed by atoms with Crippen molar-refractivity contribution in [1.29, 1.82) is 0 Å². The molecule has 0 N–H and O–H groups in total. The Morgan fingerprint density at radius 3 is 2.46 bits per heavy atom. The second-order valence-corrected chi connectivity index (χ2v) is 7.17. The molecule has 4 aromatic rings. The maximum Gasteiger partial charge on any atom is 0.227 e. The molecule has 0 spiro atoms. The number of rotatable bonds is 4. The van der Waals surface area contributed by atoms with E-state index in [4.69, 9.17) is 0 Å². The fourth-order valence-electron chi connectivity index (χ4n) is 4.12. The van der Waals surface area contributed by atoms with Gasteiger partial charge in [-0.05, 0) is 22.6 Å². The van der Waals surface area contributed by atoms with E-state index in [1.807, 2.05) is 36.5 Å². The van der Waals surface area contributed by atoms with Crippen molar-refractivity contribution in [3.05, 3.63) is 120 Å². The Kier molecular flexibility index (Phi) is 4.10. The fourth-order valence-corrected chi connectivity index (χ4v) is 4.12. The Bertz CT molecular complexity index is 1210. The van der Waals surface area contributed by atoms with Crippen molar-refractivity contribution in [3.63, 3.8) is 0 Å². The Hall–Kier alpha value is -3.52. The SMILES string of the molecule is O=C(C[n+]1ccc2ccccc2c1C1C=Cc2ccccc21)c1ccccc1. The number of nitrogens with zero attached hydrogens (tertiary/aromatic N) is 1. The smallest absolute Gasteiger partial charge is 0.227 e. The lowest BCUT2D eigenvalue weighted by Crippen LogP contribution is -2.42. The van der Waals surface area contributed by atoms with E-state index in [1.165, 1.54) is 27.6 Å². The van der Waals surface area contributed by atoms with Gasteiger partial charge in [0.05, 0.1) is 11.3 Å². The van der Waals surface area contributed by atoms with Gasteiger partial charge in [0.15, 0.2) is 6.20 Å². The average molecular weight is 362 g/mol. The number of hydrogen-bond donors (Lipinski definition) is 0. The molecule has 1 aromatic heterocycles. The number of ketones is 1. The van der Waals surface area contributed by atoms with Crippen LogP contribution in [0.4, 0.5) is 0 Å². The van der Waals surface area contributed by atoms with Gasteiger partial charge in [-0.1, -0.05) is 84.9 Å². The zero-order valence-electron chi connectivity index (χ0n) is 15.5. The lowest BCUT2D eigenvalue weighted by atomic mass is 9.93. The Morgan fingerprint density at radius 1 is 0.821 bits per heavy atom. The van der Waals surface area contributed by atoms with Crippen molar-refractivity contribution >= 4 is 22.6 Å². The highest BCUT2D eigenvalue weighted by molar-refractivity contribution is 5.95. The first kappa shape index (κ1) is 16.6. The molecule has 0 radical (unpaired) electrons. The van der Waals surface area contributed by atoms with Crippen molar-refractivity contribution in [2.24, 2.45) is 0 Å². The minimum atomic E-state index is 0.123. The summed E-state index contributed by atoms with van der Waals surface area (Å²) in [6, 6.07) is 28.5. The van der Waals surface area contributed by atoms with Gasteiger partial charge in [-0.2, -0.15) is 4.57 Å². The minimum Gasteiger partial charge on any atom is -0.287 e. The molecule has 0 amide bonds. The molecule has 0 saturated carbocycles. The molecule has 0 aliphatic heterocycles. The summed E-state index contributed by atoms with van der Waals surface area (Å²) < 4.78 is 2.12. The Morgan fingerprint density at radius 2 is 1.57 bits per heavy atom. The van der Waals surface area contributed by atoms with Crippen LogP contribution in [0.25, 0.3) is 16.8 Å². The molecule has 1 atom stereocenters. The average Bonchev–Trinajstić information content (AvgIpc) is 3.18. The van der Waals surface area contributed by atoms with Gasteiger partial charge in [0.25, 0.3) is 0 Å². The maximum absolute atomic E-state index is 12.9. The standard InChI is InChI=1S/C26H20NO/c28-25(21-10-2-1-3-11-21)18-27-17-16-20-9-5-7-13-23(20)26(27)24-15-14-19-8-4-6-12-22(19)24/h1-17,24H,18H2/q+1. The first-order chi connectivity index (χ1) is 13.8. The monoisotopic (exact) mass is 362 g/mol. The quantitative estimate of drug-likeness (QED) is 0.362. The van der Waals surface area contributed by atoms with Crippen LogP contribution in [0.3, 0.4) is 0 Å². The molecule has 0 saturated heterocycles. The van der Waals surface area contributed by atoms with Gasteiger partial charge in [-0.3, -0.25) is 4.79 Å². The van der Waals surface area contributed by atoms with E-state index in [0.717, 1.165) is 5.56 Å². The lowest BCUT2D eigenvalue weighted by Gasteiger charge is -2.13. The summed E-state index contributed by atoms with van der Waals surface area (Å²) in [6.07, 6.45) is 6.48. The van der Waals surface area contributed by atoms with Gasteiger partial charge in [0.2, 0.25) is 18.0 Å². The van der Waals surface area contributed by atoms with Crippen molar-refractivity contribution in [1.82, 2.24) is 0 Å². The van der Waals surface area contributed by atoms with E-state index < -0.39 is 0 Å². The van der Waals surface area contributed by atoms with Crippen LogP contribution in [0.5, 0.6) is 0 Å². The molecular formula is C26H20NO+. The number of aromatic nitrogens is 1. The van der Waals surface area contributed by atoms with Crippen LogP contribution in [-0.2, 0) is 6.54 Å². The first-order valence-electron chi connectivity index (χ1n) is 9.58. The predicted molar refractivity (Wildman–Crippen MR) is 112 cm³/mol. The maximum atomic E-state index is 12.9. The van der Waals surface area contributed by atoms with E-state index in [0.29, 0.717) is 6.54 Å². The van der Waals surface area contributed by atoms with E-state index in [-0.39, 0.29) is 11.7 Å². The summed E-state index contributed by atoms with van der Waals surface area (Å²) in [6.45, 7) is 0.330. The lowest BCUT2D eigenvalue weighted by molar-refractivity contribution is -0.689. The summed E-state index contributed by atoms with van der Waals surface area (Å²) in [7, 11) is 0. The number of carbonyl (C=O) groups excluding carboxylic acids is 1. The second kappa shape index (κ2) is 6.90. The predicted octanol–water partition coefficient (Wildman–Crippen LogP) is 5.17. The van der Waals surface area contributed by atoms with Gasteiger partial charge in [0, 0.05) is 11.6 Å². The number of carbonyl (C=O) groups is 1. The molecule has 28 heavy (non-hydrogen) atoms. The van der Waals surface area contributed by atoms with Crippen molar-refractivity contribution in [2.45, 2.75) is 12.5 Å². The highest BCUT2D eigenvalue weighted by Gasteiger charge is 2.30. The molecule has 0 bridgehead atoms. The van der Waals surface area contributed by atoms with Crippen LogP contribution in [0, 0.1) is 0 Å². The van der Waals surface area contributed by atoms with Crippen LogP contribution in [0.1, 0.15) is 33.1 Å². The number of Topliss-reactive ketones (excluding diaryl/α,β-unsaturated/α-hetero) is 1. The zero-order chi connectivity index (χ0) is 18.9. The summed E-state index contributed by atoms with van der Waals surface area (Å²) in [5.41, 5.74) is 4.46. The molecule has 1 aliphatic carbocycles. The summed E-state index contributed by atoms with van der Waals surface area (Å²) >= 11 is 0. The largest absolute Gasteiger partial charge is 0.287 e. The van der Waals surface area contributed by atoms with Crippen LogP contribution in [-0.4, -0.2) is 5.78 Å². The molecule has 134 valence electrons. The van der Waals surface area contributed by atoms with Crippen molar-refractivity contribution in [3.8, 4) is 0 Å². The molecule has 1 heterocycles. The van der Waals surface area contributed by atoms with Crippen LogP contribution in [0.15, 0.2) is 97.2 Å². The number of fused-ring (bicyclic) bond motifs is 2. The third-order valence-electron chi connectivity index (χ3n) is 5.48. The van der Waals surface area contributed by atoms with Gasteiger partial charge >= 0.3 is 0 Å². The van der Waals surface area contributed by atoms with Crippen LogP contribution < -0.4 is 4.57 Å². The highest BCUT2D eigenvalue weighted by atomic mass is 16.1. The minimum absolute atomic E-state index is 0.123. The number of allylic oxidation sites excluding steroid dienone is 1. The first-order valence-corrected chi connectivity index (χ1v) is 9.58. The van der Waals surface area contributed by atoms with Gasteiger partial charge in [-0.15, -0.1) is 0 Å². The Balaban J connectivity index is 1.65. The van der Waals surface area contributed by atoms with Crippen LogP contribution in [0.2, 0.25) is 0 Å². The Labute approximate surface area is 164 Å². The van der Waals surface area contributed by atoms with E-state index in [1.54, 1.807) is 0 Å². The van der Waals surface area contributed by atoms with Crippen LogP contribution >= 0.6 is 0 Å². The third kappa shape index (κ3) is 2.84. The topological polar surface area (TPSA) is 20.9 Å². The second-order valence-electron chi connectivity index (χ2n) is 7.17. The molecule has 2 nitrogen and oxygen atoms in total. The molecular weight excluding hydrogens is 342 g/mol. The van der Waals surface area contributed by atoms with Crippen molar-refractivity contribution in [2.75, 3.05) is 0 Å². The molecule has 0 fully saturated rings. The van der Waals surface area contributed by atoms with Crippen molar-refractivity contribution < 1.29 is 9.36 Å². The summed E-state index contributed by atoms with van der Waals surface area (Å²) in [4.78, 5) is 12.9. The van der Waals surface area contributed by atoms with Gasteiger partial charge < -0.3 is 0 Å². The molecule has 1 aliphatic rings. The van der Waals surface area contributed by atoms with E-state index in [9.17, 15) is 4.79 Å². The number of hydrogen-bond acceptors (Lipinski definition) is 1. The summed E-state index contributed by atoms with van der Waals surface area (Å²) in [5, 5.41) is 2.39. The van der Waals surface area contributed by atoms with E-state index in [2.05, 4.69) is 71.3 Å². The highest BCUT2D eigenvalue weighted by Crippen LogP contribution is 2.36. The van der Waals surface area contributed by atoms with E-state index >= 15 is 0 Å². The fraction of sp³-hybridized carbons (Fsp3) is 0.0769. The molecule has 5 rings (SSSR count).